The number of carbonyl (C=O) groups excluding carboxylic acids is 1. The molecular weight excluding hydrogens is 262 g/mol. The molecule has 5 nitrogen and oxygen atoms in total. The normalized spacial score (nSPS) is 11.3. The summed E-state index contributed by atoms with van der Waals surface area (Å²) in [7, 11) is -3.74. The minimum Gasteiger partial charge on any atom is -0.404 e. The number of phosphoric acid groups is 1. The van der Waals surface area contributed by atoms with Crippen LogP contribution in [-0.4, -0.2) is 19.5 Å². The highest BCUT2D eigenvalue weighted by Crippen LogP contribution is 2.49. The summed E-state index contributed by atoms with van der Waals surface area (Å²) in [5.41, 5.74) is -0.106. The summed E-state index contributed by atoms with van der Waals surface area (Å²) in [5, 5.41) is 0. The van der Waals surface area contributed by atoms with Crippen molar-refractivity contribution in [3.8, 4) is 5.75 Å². The van der Waals surface area contributed by atoms with Crippen molar-refractivity contribution >= 4 is 14.1 Å². The van der Waals surface area contributed by atoms with Gasteiger partial charge in [0.05, 0.1) is 18.8 Å². The average molecular weight is 276 g/mol. The molecule has 0 unspecified atom stereocenters. The molecule has 0 saturated heterocycles. The van der Waals surface area contributed by atoms with Crippen molar-refractivity contribution in [2.45, 2.75) is 13.8 Å². The van der Waals surface area contributed by atoms with Crippen molar-refractivity contribution in [3.05, 3.63) is 29.6 Å². The quantitative estimate of drug-likeness (QED) is 0.565. The van der Waals surface area contributed by atoms with Gasteiger partial charge in [0.15, 0.2) is 6.29 Å². The first-order chi connectivity index (χ1) is 8.54. The maximum Gasteiger partial charge on any atom is 0.530 e. The zero-order chi connectivity index (χ0) is 13.6. The van der Waals surface area contributed by atoms with E-state index in [0.717, 1.165) is 6.07 Å². The number of carbonyl (C=O) groups is 1. The maximum absolute atomic E-state index is 13.3. The molecule has 0 spiro atoms. The first-order valence-electron chi connectivity index (χ1n) is 5.38. The van der Waals surface area contributed by atoms with Crippen LogP contribution in [0.15, 0.2) is 18.2 Å². The third-order valence-electron chi connectivity index (χ3n) is 1.89. The van der Waals surface area contributed by atoms with Crippen molar-refractivity contribution in [2.75, 3.05) is 13.2 Å². The standard InChI is InChI=1S/C11H14FO5P/c1-3-15-18(14,16-4-2)17-10-6-5-9(8-13)11(12)7-10/h5-8H,3-4H2,1-2H3. The Morgan fingerprint density at radius 1 is 1.28 bits per heavy atom. The van der Waals surface area contributed by atoms with Gasteiger partial charge in [-0.05, 0) is 26.0 Å². The third kappa shape index (κ3) is 3.91. The predicted octanol–water partition coefficient (Wildman–Crippen LogP) is 3.20. The number of hydrogen-bond donors (Lipinski definition) is 0. The molecule has 0 aliphatic carbocycles. The van der Waals surface area contributed by atoms with Crippen molar-refractivity contribution in [1.29, 1.82) is 0 Å². The molecule has 1 aromatic rings. The molecular formula is C11H14FO5P. The lowest BCUT2D eigenvalue weighted by atomic mass is 10.2. The fraction of sp³-hybridized carbons (Fsp3) is 0.364. The largest absolute Gasteiger partial charge is 0.530 e. The molecule has 100 valence electrons. The van der Waals surface area contributed by atoms with Gasteiger partial charge in [0.1, 0.15) is 11.6 Å². The summed E-state index contributed by atoms with van der Waals surface area (Å²) < 4.78 is 40.1. The number of benzene rings is 1. The van der Waals surface area contributed by atoms with Gasteiger partial charge in [0.2, 0.25) is 0 Å². The van der Waals surface area contributed by atoms with E-state index in [9.17, 15) is 13.8 Å². The van der Waals surface area contributed by atoms with Crippen molar-refractivity contribution in [1.82, 2.24) is 0 Å². The minimum atomic E-state index is -3.74. The van der Waals surface area contributed by atoms with E-state index < -0.39 is 13.6 Å². The van der Waals surface area contributed by atoms with Gasteiger partial charge in [-0.2, -0.15) is 0 Å². The Labute approximate surface area is 104 Å². The van der Waals surface area contributed by atoms with Crippen LogP contribution >= 0.6 is 7.82 Å². The van der Waals surface area contributed by atoms with E-state index in [4.69, 9.17) is 13.6 Å². The summed E-state index contributed by atoms with van der Waals surface area (Å²) >= 11 is 0. The highest BCUT2D eigenvalue weighted by atomic mass is 31.2. The molecule has 0 bridgehead atoms. The maximum atomic E-state index is 13.3. The Morgan fingerprint density at radius 3 is 2.33 bits per heavy atom. The van der Waals surface area contributed by atoms with Crippen molar-refractivity contribution in [3.63, 3.8) is 0 Å². The third-order valence-corrected chi connectivity index (χ3v) is 3.47. The Bertz CT molecular complexity index is 453. The molecule has 0 N–H and O–H groups in total. The van der Waals surface area contributed by atoms with E-state index in [1.807, 2.05) is 0 Å². The van der Waals surface area contributed by atoms with E-state index in [2.05, 4.69) is 0 Å². The Morgan fingerprint density at radius 2 is 1.89 bits per heavy atom. The van der Waals surface area contributed by atoms with Crippen LogP contribution in [0.5, 0.6) is 5.75 Å². The molecule has 0 radical (unpaired) electrons. The summed E-state index contributed by atoms with van der Waals surface area (Å²) in [6.45, 7) is 3.52. The fourth-order valence-corrected chi connectivity index (χ4v) is 2.38. The predicted molar refractivity (Wildman–Crippen MR) is 63.3 cm³/mol. The smallest absolute Gasteiger partial charge is 0.404 e. The number of halogens is 1. The first kappa shape index (κ1) is 14.8. The molecule has 0 amide bonds. The topological polar surface area (TPSA) is 61.8 Å². The summed E-state index contributed by atoms with van der Waals surface area (Å²) in [6, 6.07) is 3.49. The van der Waals surface area contributed by atoms with Gasteiger partial charge < -0.3 is 4.52 Å². The van der Waals surface area contributed by atoms with Gasteiger partial charge in [0, 0.05) is 6.07 Å². The van der Waals surface area contributed by atoms with E-state index >= 15 is 0 Å². The molecule has 0 aromatic heterocycles. The van der Waals surface area contributed by atoms with Crippen LogP contribution in [0.1, 0.15) is 24.2 Å². The lowest BCUT2D eigenvalue weighted by Crippen LogP contribution is -2.02. The van der Waals surface area contributed by atoms with Gasteiger partial charge in [-0.15, -0.1) is 0 Å². The highest BCUT2D eigenvalue weighted by molar-refractivity contribution is 7.48. The van der Waals surface area contributed by atoms with Gasteiger partial charge in [-0.3, -0.25) is 13.8 Å². The average Bonchev–Trinajstić information content (AvgIpc) is 2.29. The van der Waals surface area contributed by atoms with Gasteiger partial charge in [0.25, 0.3) is 0 Å². The summed E-state index contributed by atoms with van der Waals surface area (Å²) in [6.07, 6.45) is 0.379. The van der Waals surface area contributed by atoms with Crippen LogP contribution in [0.25, 0.3) is 0 Å². The van der Waals surface area contributed by atoms with Crippen LogP contribution in [0.3, 0.4) is 0 Å². The summed E-state index contributed by atoms with van der Waals surface area (Å²) in [5.74, 6) is -0.787. The number of rotatable bonds is 7. The number of hydrogen-bond acceptors (Lipinski definition) is 5. The second-order valence-corrected chi connectivity index (χ2v) is 4.77. The highest BCUT2D eigenvalue weighted by Gasteiger charge is 2.27. The molecule has 0 fully saturated rings. The molecule has 0 aliphatic heterocycles. The zero-order valence-corrected chi connectivity index (χ0v) is 11.0. The SMILES string of the molecule is CCOP(=O)(OCC)Oc1ccc(C=O)c(F)c1. The molecule has 1 aromatic carbocycles. The number of phosphoric ester groups is 1. The van der Waals surface area contributed by atoms with Crippen LogP contribution in [-0.2, 0) is 13.6 Å². The Kier molecular flexibility index (Phi) is 5.47. The van der Waals surface area contributed by atoms with Crippen molar-refractivity contribution < 1.29 is 27.3 Å². The monoisotopic (exact) mass is 276 g/mol. The Hall–Kier alpha value is -1.23. The molecule has 0 aliphatic rings. The molecule has 1 rings (SSSR count). The molecule has 0 saturated carbocycles. The molecule has 0 atom stereocenters. The Balaban J connectivity index is 2.90. The molecule has 18 heavy (non-hydrogen) atoms. The van der Waals surface area contributed by atoms with Gasteiger partial charge in [-0.25, -0.2) is 8.96 Å². The first-order valence-corrected chi connectivity index (χ1v) is 6.84. The van der Waals surface area contributed by atoms with Crippen LogP contribution in [0, 0.1) is 5.82 Å². The lowest BCUT2D eigenvalue weighted by molar-refractivity contribution is 0.112. The van der Waals surface area contributed by atoms with Crippen LogP contribution in [0.4, 0.5) is 4.39 Å². The summed E-state index contributed by atoms with van der Waals surface area (Å²) in [4.78, 5) is 10.4. The van der Waals surface area contributed by atoms with E-state index in [0.29, 0.717) is 6.29 Å². The van der Waals surface area contributed by atoms with E-state index in [1.54, 1.807) is 13.8 Å². The van der Waals surface area contributed by atoms with E-state index in [1.165, 1.54) is 12.1 Å². The minimum absolute atomic E-state index is 0.0247. The van der Waals surface area contributed by atoms with Crippen molar-refractivity contribution in [2.24, 2.45) is 0 Å². The van der Waals surface area contributed by atoms with Crippen LogP contribution in [0.2, 0.25) is 0 Å². The zero-order valence-electron chi connectivity index (χ0n) is 10.1. The van der Waals surface area contributed by atoms with Gasteiger partial charge in [-0.1, -0.05) is 0 Å². The van der Waals surface area contributed by atoms with Crippen LogP contribution < -0.4 is 4.52 Å². The lowest BCUT2D eigenvalue weighted by Gasteiger charge is -2.17. The van der Waals surface area contributed by atoms with Gasteiger partial charge >= 0.3 is 7.82 Å². The fourth-order valence-electron chi connectivity index (χ4n) is 1.20. The number of aldehydes is 1. The molecule has 0 heterocycles. The second-order valence-electron chi connectivity index (χ2n) is 3.18. The molecule has 7 heteroatoms. The second kappa shape index (κ2) is 6.64. The van der Waals surface area contributed by atoms with E-state index in [-0.39, 0.29) is 24.5 Å².